The first-order chi connectivity index (χ1) is 11.1. The third-order valence-corrected chi connectivity index (χ3v) is 4.39. The van der Waals surface area contributed by atoms with E-state index < -0.39 is 30.1 Å². The van der Waals surface area contributed by atoms with Crippen LogP contribution in [0.4, 0.5) is 4.39 Å². The van der Waals surface area contributed by atoms with Crippen LogP contribution in [0, 0.1) is 5.82 Å². The highest BCUT2D eigenvalue weighted by Gasteiger charge is 2.52. The number of hydrogen-bond acceptors (Lipinski definition) is 6. The number of nitrogens with two attached hydrogens (primary N) is 1. The molecule has 0 aromatic heterocycles. The molecular formula is C16H22BFN2O4. The molecule has 1 aliphatic rings. The Morgan fingerprint density at radius 2 is 1.88 bits per heavy atom. The van der Waals surface area contributed by atoms with Crippen LogP contribution in [-0.2, 0) is 18.8 Å². The molecule has 8 heteroatoms. The summed E-state index contributed by atoms with van der Waals surface area (Å²) in [5.41, 5.74) is -1.25. The van der Waals surface area contributed by atoms with Crippen molar-refractivity contribution in [2.45, 2.75) is 45.8 Å². The first-order valence-corrected chi connectivity index (χ1v) is 7.74. The quantitative estimate of drug-likeness (QED) is 0.295. The fourth-order valence-electron chi connectivity index (χ4n) is 2.38. The molecule has 0 saturated carbocycles. The van der Waals surface area contributed by atoms with Gasteiger partial charge in [-0.3, -0.25) is 0 Å². The van der Waals surface area contributed by atoms with Crippen molar-refractivity contribution in [2.24, 2.45) is 10.9 Å². The molecule has 0 bridgehead atoms. The summed E-state index contributed by atoms with van der Waals surface area (Å²) in [5.74, 6) is 3.86. The molecule has 2 N–H and O–H groups in total. The molecule has 0 radical (unpaired) electrons. The minimum absolute atomic E-state index is 0.0723. The molecule has 6 nitrogen and oxygen atoms in total. The second kappa shape index (κ2) is 6.53. The van der Waals surface area contributed by atoms with Crippen LogP contribution in [0.25, 0.3) is 0 Å². The zero-order valence-electron chi connectivity index (χ0n) is 14.6. The lowest BCUT2D eigenvalue weighted by atomic mass is 9.74. The Hall–Kier alpha value is -1.93. The van der Waals surface area contributed by atoms with E-state index in [0.717, 1.165) is 0 Å². The smallest absolute Gasteiger partial charge is 0.461 e. The monoisotopic (exact) mass is 336 g/mol. The van der Waals surface area contributed by atoms with Crippen molar-refractivity contribution >= 4 is 24.3 Å². The van der Waals surface area contributed by atoms with Crippen LogP contribution in [0.3, 0.4) is 0 Å². The SMILES string of the molecule is CCOC(=O)/C(=N/N)c1c(F)cccc1B1OC(C)(C)C(C)(C)O1. The maximum Gasteiger partial charge on any atom is 0.495 e. The molecule has 24 heavy (non-hydrogen) atoms. The summed E-state index contributed by atoms with van der Waals surface area (Å²) in [6, 6.07) is 4.35. The lowest BCUT2D eigenvalue weighted by molar-refractivity contribution is -0.134. The molecule has 2 rings (SSSR count). The van der Waals surface area contributed by atoms with Gasteiger partial charge in [-0.2, -0.15) is 5.10 Å². The van der Waals surface area contributed by atoms with Crippen molar-refractivity contribution in [3.05, 3.63) is 29.6 Å². The summed E-state index contributed by atoms with van der Waals surface area (Å²) in [5, 5.41) is 3.43. The number of carbonyl (C=O) groups is 1. The van der Waals surface area contributed by atoms with E-state index in [0.29, 0.717) is 5.46 Å². The Morgan fingerprint density at radius 3 is 2.38 bits per heavy atom. The van der Waals surface area contributed by atoms with Crippen molar-refractivity contribution in [1.82, 2.24) is 0 Å². The van der Waals surface area contributed by atoms with Crippen molar-refractivity contribution < 1.29 is 23.2 Å². The fraction of sp³-hybridized carbons (Fsp3) is 0.500. The minimum atomic E-state index is -0.855. The van der Waals surface area contributed by atoms with E-state index in [-0.39, 0.29) is 17.9 Å². The molecule has 1 saturated heterocycles. The normalized spacial score (nSPS) is 19.4. The van der Waals surface area contributed by atoms with Gasteiger partial charge in [0.05, 0.1) is 17.8 Å². The zero-order valence-corrected chi connectivity index (χ0v) is 14.6. The number of hydrazone groups is 1. The lowest BCUT2D eigenvalue weighted by Gasteiger charge is -2.32. The predicted octanol–water partition coefficient (Wildman–Crippen LogP) is 1.35. The standard InChI is InChI=1S/C16H22BFN2O4/c1-6-22-14(21)13(20-19)12-10(8-7-9-11(12)18)17-23-15(2,3)16(4,5)24-17/h7-9H,6,19H2,1-5H3/b20-13+. The molecule has 0 unspecified atom stereocenters. The van der Waals surface area contributed by atoms with Crippen molar-refractivity contribution in [1.29, 1.82) is 0 Å². The number of esters is 1. The van der Waals surface area contributed by atoms with E-state index >= 15 is 0 Å². The number of ether oxygens (including phenoxy) is 1. The molecule has 0 amide bonds. The Balaban J connectivity index is 2.51. The molecule has 1 aromatic carbocycles. The van der Waals surface area contributed by atoms with Gasteiger partial charge in [0.2, 0.25) is 0 Å². The van der Waals surface area contributed by atoms with Gasteiger partial charge in [-0.25, -0.2) is 9.18 Å². The van der Waals surface area contributed by atoms with E-state index in [1.807, 2.05) is 27.7 Å². The molecule has 1 heterocycles. The average Bonchev–Trinajstić information content (AvgIpc) is 2.70. The van der Waals surface area contributed by atoms with Gasteiger partial charge in [-0.1, -0.05) is 12.1 Å². The molecule has 1 aromatic rings. The largest absolute Gasteiger partial charge is 0.495 e. The summed E-state index contributed by atoms with van der Waals surface area (Å²) < 4.78 is 31.3. The molecule has 1 aliphatic heterocycles. The molecule has 0 atom stereocenters. The van der Waals surface area contributed by atoms with Gasteiger partial charge < -0.3 is 19.9 Å². The fourth-order valence-corrected chi connectivity index (χ4v) is 2.38. The second-order valence-corrected chi connectivity index (χ2v) is 6.49. The van der Waals surface area contributed by atoms with Crippen LogP contribution in [0.1, 0.15) is 40.2 Å². The van der Waals surface area contributed by atoms with Crippen molar-refractivity contribution in [3.63, 3.8) is 0 Å². The zero-order chi connectivity index (χ0) is 18.1. The van der Waals surface area contributed by atoms with Gasteiger partial charge in [0.25, 0.3) is 0 Å². The topological polar surface area (TPSA) is 83.1 Å². The van der Waals surface area contributed by atoms with Gasteiger partial charge in [-0.05, 0) is 46.1 Å². The van der Waals surface area contributed by atoms with Gasteiger partial charge >= 0.3 is 13.1 Å². The number of carbonyl (C=O) groups excluding carboxylic acids is 1. The molecular weight excluding hydrogens is 314 g/mol. The van der Waals surface area contributed by atoms with Gasteiger partial charge in [-0.15, -0.1) is 0 Å². The van der Waals surface area contributed by atoms with Gasteiger partial charge in [0.15, 0.2) is 5.71 Å². The molecule has 130 valence electrons. The first-order valence-electron chi connectivity index (χ1n) is 7.74. The Kier molecular flexibility index (Phi) is 5.01. The highest BCUT2D eigenvalue weighted by atomic mass is 19.1. The maximum absolute atomic E-state index is 14.5. The van der Waals surface area contributed by atoms with Crippen LogP contribution in [-0.4, -0.2) is 36.6 Å². The molecule has 0 spiro atoms. The minimum Gasteiger partial charge on any atom is -0.461 e. The highest BCUT2D eigenvalue weighted by molar-refractivity contribution is 6.65. The van der Waals surface area contributed by atoms with E-state index in [2.05, 4.69) is 5.10 Å². The maximum atomic E-state index is 14.5. The summed E-state index contributed by atoms with van der Waals surface area (Å²) in [6.07, 6.45) is 0. The van der Waals surface area contributed by atoms with E-state index in [1.54, 1.807) is 13.0 Å². The molecule has 0 aliphatic carbocycles. The van der Waals surface area contributed by atoms with Crippen LogP contribution in [0.2, 0.25) is 0 Å². The second-order valence-electron chi connectivity index (χ2n) is 6.49. The lowest BCUT2D eigenvalue weighted by Crippen LogP contribution is -2.41. The first kappa shape index (κ1) is 18.4. The van der Waals surface area contributed by atoms with Crippen LogP contribution in [0.5, 0.6) is 0 Å². The van der Waals surface area contributed by atoms with Crippen LogP contribution in [0.15, 0.2) is 23.3 Å². The predicted molar refractivity (Wildman–Crippen MR) is 89.5 cm³/mol. The van der Waals surface area contributed by atoms with E-state index in [1.165, 1.54) is 12.1 Å². The summed E-state index contributed by atoms with van der Waals surface area (Å²) in [7, 11) is -0.855. The molecule has 1 fully saturated rings. The third-order valence-electron chi connectivity index (χ3n) is 4.39. The summed E-state index contributed by atoms with van der Waals surface area (Å²) in [4.78, 5) is 12.1. The van der Waals surface area contributed by atoms with Crippen LogP contribution < -0.4 is 11.3 Å². The number of rotatable bonds is 4. The van der Waals surface area contributed by atoms with Crippen LogP contribution >= 0.6 is 0 Å². The Morgan fingerprint density at radius 1 is 1.29 bits per heavy atom. The summed E-state index contributed by atoms with van der Waals surface area (Å²) in [6.45, 7) is 9.30. The third kappa shape index (κ3) is 3.16. The van der Waals surface area contributed by atoms with Crippen molar-refractivity contribution in [2.75, 3.05) is 6.61 Å². The van der Waals surface area contributed by atoms with Gasteiger partial charge in [0.1, 0.15) is 5.82 Å². The number of halogens is 1. The van der Waals surface area contributed by atoms with Crippen molar-refractivity contribution in [3.8, 4) is 0 Å². The van der Waals surface area contributed by atoms with E-state index in [9.17, 15) is 9.18 Å². The summed E-state index contributed by atoms with van der Waals surface area (Å²) >= 11 is 0. The Labute approximate surface area is 141 Å². The average molecular weight is 336 g/mol. The van der Waals surface area contributed by atoms with Gasteiger partial charge in [0, 0.05) is 5.56 Å². The Bertz CT molecular complexity index is 660. The number of hydrogen-bond donors (Lipinski definition) is 1. The van der Waals surface area contributed by atoms with E-state index in [4.69, 9.17) is 19.9 Å². The highest BCUT2D eigenvalue weighted by Crippen LogP contribution is 2.36. The number of nitrogens with zero attached hydrogens (tertiary/aromatic N) is 1. The number of benzene rings is 1.